The van der Waals surface area contributed by atoms with Crippen LogP contribution < -0.4 is 16.2 Å². The molecule has 0 bridgehead atoms. The summed E-state index contributed by atoms with van der Waals surface area (Å²) < 4.78 is 33.7. The predicted octanol–water partition coefficient (Wildman–Crippen LogP) is 1.90. The van der Waals surface area contributed by atoms with Crippen LogP contribution in [-0.4, -0.2) is 64.5 Å². The van der Waals surface area contributed by atoms with Crippen molar-refractivity contribution in [3.05, 3.63) is 33.7 Å². The van der Waals surface area contributed by atoms with Crippen molar-refractivity contribution in [3.63, 3.8) is 0 Å². The summed E-state index contributed by atoms with van der Waals surface area (Å²) in [5, 5.41) is 13.2. The van der Waals surface area contributed by atoms with Gasteiger partial charge in [-0.25, -0.2) is 9.59 Å². The molecule has 11 heteroatoms. The molecule has 2 aliphatic carbocycles. The van der Waals surface area contributed by atoms with Gasteiger partial charge in [-0.15, -0.1) is 0 Å². The van der Waals surface area contributed by atoms with E-state index in [1.807, 2.05) is 10.6 Å². The third-order valence-corrected chi connectivity index (χ3v) is 5.91. The quantitative estimate of drug-likeness (QED) is 0.625. The molecule has 2 heterocycles. The Morgan fingerprint density at radius 1 is 1.03 bits per heavy atom. The van der Waals surface area contributed by atoms with E-state index in [-0.39, 0.29) is 17.6 Å². The predicted molar refractivity (Wildman–Crippen MR) is 111 cm³/mol. The van der Waals surface area contributed by atoms with Gasteiger partial charge >= 0.3 is 18.2 Å². The van der Waals surface area contributed by atoms with Crippen molar-refractivity contribution < 1.29 is 27.9 Å². The van der Waals surface area contributed by atoms with Gasteiger partial charge in [0.2, 0.25) is 0 Å². The average Bonchev–Trinajstić information content (AvgIpc) is 3.37. The van der Waals surface area contributed by atoms with Gasteiger partial charge < -0.3 is 25.2 Å². The Bertz CT molecular complexity index is 877. The van der Waals surface area contributed by atoms with Gasteiger partial charge in [-0.1, -0.05) is 6.07 Å². The molecule has 1 saturated carbocycles. The van der Waals surface area contributed by atoms with Crippen LogP contribution in [0.1, 0.15) is 43.4 Å². The second kappa shape index (κ2) is 10.4. The Kier molecular flexibility index (Phi) is 7.81. The van der Waals surface area contributed by atoms with Crippen molar-refractivity contribution >= 4 is 12.0 Å². The highest BCUT2D eigenvalue weighted by molar-refractivity contribution is 5.75. The van der Waals surface area contributed by atoms with Crippen LogP contribution in [-0.2, 0) is 24.2 Å². The Morgan fingerprint density at radius 3 is 2.25 bits per heavy atom. The zero-order chi connectivity index (χ0) is 23.3. The molecular formula is C21H29F3N4O4. The molecule has 1 aliphatic heterocycles. The molecule has 178 valence electrons. The van der Waals surface area contributed by atoms with Gasteiger partial charge in [0.15, 0.2) is 0 Å². The highest BCUT2D eigenvalue weighted by Gasteiger charge is 2.38. The van der Waals surface area contributed by atoms with E-state index in [2.05, 4.69) is 15.5 Å². The first-order valence-corrected chi connectivity index (χ1v) is 10.9. The minimum atomic E-state index is -5.08. The molecule has 1 atom stereocenters. The van der Waals surface area contributed by atoms with Gasteiger partial charge in [0.1, 0.15) is 0 Å². The highest BCUT2D eigenvalue weighted by atomic mass is 19.4. The number of carboxylic acids is 1. The van der Waals surface area contributed by atoms with Crippen molar-refractivity contribution in [1.29, 1.82) is 0 Å². The number of fused-ring (bicyclic) bond motifs is 1. The normalized spacial score (nSPS) is 20.7. The first kappa shape index (κ1) is 24.1. The number of amides is 2. The lowest BCUT2D eigenvalue weighted by Gasteiger charge is -2.28. The number of aliphatic carboxylic acids is 1. The van der Waals surface area contributed by atoms with Crippen molar-refractivity contribution in [2.24, 2.45) is 0 Å². The van der Waals surface area contributed by atoms with E-state index >= 15 is 0 Å². The lowest BCUT2D eigenvalue weighted by atomic mass is 9.91. The summed E-state index contributed by atoms with van der Waals surface area (Å²) in [4.78, 5) is 35.7. The molecule has 8 nitrogen and oxygen atoms in total. The van der Waals surface area contributed by atoms with Gasteiger partial charge in [-0.3, -0.25) is 4.79 Å². The van der Waals surface area contributed by atoms with E-state index in [1.165, 1.54) is 24.1 Å². The topological polar surface area (TPSA) is 104 Å². The van der Waals surface area contributed by atoms with E-state index in [4.69, 9.17) is 9.90 Å². The number of carboxylic acid groups (broad SMARTS) is 1. The van der Waals surface area contributed by atoms with E-state index < -0.39 is 12.1 Å². The maximum atomic E-state index is 12.3. The second-order valence-corrected chi connectivity index (χ2v) is 8.48. The maximum absolute atomic E-state index is 12.3. The van der Waals surface area contributed by atoms with Crippen molar-refractivity contribution in [3.8, 4) is 0 Å². The molecule has 1 unspecified atom stereocenters. The number of pyridine rings is 1. The SMILES string of the molecule is O=C(NC1CC1)NC1CCc2c(ccc(=O)n2CCN2CCCC2)C1.O=C(O)C(F)(F)F. The molecule has 32 heavy (non-hydrogen) atoms. The Labute approximate surface area is 183 Å². The summed E-state index contributed by atoms with van der Waals surface area (Å²) in [6, 6.07) is 4.15. The van der Waals surface area contributed by atoms with Crippen LogP contribution >= 0.6 is 0 Å². The molecule has 3 aliphatic rings. The average molecular weight is 458 g/mol. The van der Waals surface area contributed by atoms with Crippen LogP contribution in [0.15, 0.2) is 16.9 Å². The van der Waals surface area contributed by atoms with Gasteiger partial charge in [-0.05, 0) is 63.6 Å². The van der Waals surface area contributed by atoms with Crippen LogP contribution in [0.4, 0.5) is 18.0 Å². The number of hydrogen-bond donors (Lipinski definition) is 3. The molecule has 1 saturated heterocycles. The summed E-state index contributed by atoms with van der Waals surface area (Å²) in [5.74, 6) is -2.76. The second-order valence-electron chi connectivity index (χ2n) is 8.48. The minimum absolute atomic E-state index is 0.0432. The van der Waals surface area contributed by atoms with Crippen LogP contribution in [0.5, 0.6) is 0 Å². The molecular weight excluding hydrogens is 429 g/mol. The molecule has 2 fully saturated rings. The molecule has 3 N–H and O–H groups in total. The number of nitrogens with one attached hydrogen (secondary N) is 2. The number of nitrogens with zero attached hydrogens (tertiary/aromatic N) is 2. The fourth-order valence-electron chi connectivity index (χ4n) is 4.08. The van der Waals surface area contributed by atoms with Gasteiger partial charge in [0, 0.05) is 36.9 Å². The van der Waals surface area contributed by atoms with Crippen molar-refractivity contribution in [2.75, 3.05) is 19.6 Å². The lowest BCUT2D eigenvalue weighted by molar-refractivity contribution is -0.192. The first-order chi connectivity index (χ1) is 15.1. The Morgan fingerprint density at radius 2 is 1.66 bits per heavy atom. The van der Waals surface area contributed by atoms with Gasteiger partial charge in [0.05, 0.1) is 0 Å². The van der Waals surface area contributed by atoms with Crippen LogP contribution in [0.3, 0.4) is 0 Å². The molecule has 0 radical (unpaired) electrons. The summed E-state index contributed by atoms with van der Waals surface area (Å²) in [5.41, 5.74) is 2.49. The fourth-order valence-corrected chi connectivity index (χ4v) is 4.08. The molecule has 0 spiro atoms. The van der Waals surface area contributed by atoms with Crippen molar-refractivity contribution in [1.82, 2.24) is 20.1 Å². The Balaban J connectivity index is 0.000000360. The largest absolute Gasteiger partial charge is 0.490 e. The zero-order valence-corrected chi connectivity index (χ0v) is 17.8. The van der Waals surface area contributed by atoms with E-state index in [1.54, 1.807) is 6.07 Å². The number of urea groups is 1. The van der Waals surface area contributed by atoms with Crippen LogP contribution in [0, 0.1) is 0 Å². The molecule has 4 rings (SSSR count). The Hall–Kier alpha value is -2.56. The standard InChI is InChI=1S/C19H28N4O2.C2HF3O2/c24-18-8-3-14-13-16(21-19(25)20-15-4-5-15)6-7-17(14)23(18)12-11-22-9-1-2-10-22;3-2(4,5)1(6)7/h3,8,15-16H,1-2,4-7,9-13H2,(H2,20,21,25);(H,6,7). The number of aromatic nitrogens is 1. The smallest absolute Gasteiger partial charge is 0.475 e. The van der Waals surface area contributed by atoms with Gasteiger partial charge in [-0.2, -0.15) is 13.2 Å². The van der Waals surface area contributed by atoms with E-state index in [0.717, 1.165) is 58.3 Å². The summed E-state index contributed by atoms with van der Waals surface area (Å²) in [7, 11) is 0. The number of likely N-dealkylation sites (tertiary alicyclic amines) is 1. The molecule has 1 aromatic rings. The summed E-state index contributed by atoms with van der Waals surface area (Å²) in [6.07, 6.45) is 2.25. The fraction of sp³-hybridized carbons (Fsp3) is 0.667. The third-order valence-electron chi connectivity index (χ3n) is 5.91. The number of halogens is 3. The van der Waals surface area contributed by atoms with Crippen LogP contribution in [0.25, 0.3) is 0 Å². The summed E-state index contributed by atoms with van der Waals surface area (Å²) >= 11 is 0. The number of alkyl halides is 3. The van der Waals surface area contributed by atoms with Gasteiger partial charge in [0.25, 0.3) is 5.56 Å². The zero-order valence-electron chi connectivity index (χ0n) is 17.8. The minimum Gasteiger partial charge on any atom is -0.475 e. The lowest BCUT2D eigenvalue weighted by Crippen LogP contribution is -2.46. The van der Waals surface area contributed by atoms with Crippen LogP contribution in [0.2, 0.25) is 0 Å². The molecule has 1 aromatic heterocycles. The van der Waals surface area contributed by atoms with E-state index in [9.17, 15) is 22.8 Å². The highest BCUT2D eigenvalue weighted by Crippen LogP contribution is 2.22. The monoisotopic (exact) mass is 458 g/mol. The number of rotatable bonds is 5. The van der Waals surface area contributed by atoms with E-state index in [0.29, 0.717) is 6.04 Å². The number of hydrogen-bond acceptors (Lipinski definition) is 4. The summed E-state index contributed by atoms with van der Waals surface area (Å²) in [6.45, 7) is 4.06. The molecule has 2 amide bonds. The third kappa shape index (κ3) is 6.98. The van der Waals surface area contributed by atoms with Crippen molar-refractivity contribution in [2.45, 2.75) is 69.8 Å². The number of carbonyl (C=O) groups is 2. The first-order valence-electron chi connectivity index (χ1n) is 10.9. The maximum Gasteiger partial charge on any atom is 0.490 e. The molecule has 0 aromatic carbocycles. The number of carbonyl (C=O) groups excluding carboxylic acids is 1.